The van der Waals surface area contributed by atoms with Crippen LogP contribution in [0, 0.1) is 6.92 Å². The molecule has 0 aliphatic heterocycles. The normalized spacial score (nSPS) is 11.5. The van der Waals surface area contributed by atoms with Gasteiger partial charge in [-0.05, 0) is 36.8 Å². The fraction of sp³-hybridized carbons (Fsp3) is 0.100. The second kappa shape index (κ2) is 6.97. The number of imidazole rings is 1. The molecule has 0 spiro atoms. The van der Waals surface area contributed by atoms with Crippen LogP contribution in [0.3, 0.4) is 0 Å². The van der Waals surface area contributed by atoms with E-state index in [1.807, 2.05) is 25.1 Å². The van der Waals surface area contributed by atoms with Crippen LogP contribution in [0.2, 0.25) is 0 Å². The van der Waals surface area contributed by atoms with Crippen molar-refractivity contribution in [1.29, 1.82) is 0 Å². The molecule has 1 N–H and O–H groups in total. The van der Waals surface area contributed by atoms with Crippen molar-refractivity contribution in [2.45, 2.75) is 11.8 Å². The summed E-state index contributed by atoms with van der Waals surface area (Å²) >= 11 is 0. The van der Waals surface area contributed by atoms with Crippen LogP contribution in [-0.2, 0) is 10.0 Å². The van der Waals surface area contributed by atoms with Crippen LogP contribution in [0.4, 0.5) is 5.69 Å². The van der Waals surface area contributed by atoms with E-state index < -0.39 is 10.0 Å². The molecule has 0 fully saturated rings. The van der Waals surface area contributed by atoms with Gasteiger partial charge >= 0.3 is 0 Å². The van der Waals surface area contributed by atoms with Crippen molar-refractivity contribution in [2.24, 2.45) is 0 Å². The van der Waals surface area contributed by atoms with Crippen molar-refractivity contribution in [3.05, 3.63) is 72.4 Å². The minimum atomic E-state index is -3.67. The number of hydrogen-bond donors (Lipinski definition) is 1. The molecule has 0 atom stereocenters. The van der Waals surface area contributed by atoms with Crippen LogP contribution in [0.1, 0.15) is 5.56 Å². The van der Waals surface area contributed by atoms with Crippen LogP contribution in [-0.4, -0.2) is 30.1 Å². The van der Waals surface area contributed by atoms with Crippen molar-refractivity contribution in [3.8, 4) is 17.1 Å². The Balaban J connectivity index is 1.71. The van der Waals surface area contributed by atoms with Gasteiger partial charge < -0.3 is 4.74 Å². The summed E-state index contributed by atoms with van der Waals surface area (Å²) in [5.41, 5.74) is 3.44. The van der Waals surface area contributed by atoms with Gasteiger partial charge in [-0.1, -0.05) is 30.3 Å². The number of ether oxygens (including phenoxy) is 1. The first kappa shape index (κ1) is 18.0. The molecule has 4 rings (SSSR count). The molecule has 0 unspecified atom stereocenters. The number of benzene rings is 2. The summed E-state index contributed by atoms with van der Waals surface area (Å²) in [4.78, 5) is 4.76. The van der Waals surface area contributed by atoms with Crippen LogP contribution in [0.15, 0.2) is 71.8 Å². The van der Waals surface area contributed by atoms with Crippen LogP contribution < -0.4 is 9.46 Å². The first-order valence-electron chi connectivity index (χ1n) is 8.55. The predicted octanol–water partition coefficient (Wildman–Crippen LogP) is 3.51. The van der Waals surface area contributed by atoms with E-state index in [1.165, 1.54) is 0 Å². The van der Waals surface area contributed by atoms with Gasteiger partial charge in [0.1, 0.15) is 0 Å². The predicted molar refractivity (Wildman–Crippen MR) is 107 cm³/mol. The quantitative estimate of drug-likeness (QED) is 0.560. The Morgan fingerprint density at radius 2 is 1.82 bits per heavy atom. The van der Waals surface area contributed by atoms with Gasteiger partial charge in [0, 0.05) is 11.6 Å². The third-order valence-corrected chi connectivity index (χ3v) is 5.72. The van der Waals surface area contributed by atoms with Gasteiger partial charge in [0.15, 0.2) is 5.65 Å². The highest BCUT2D eigenvalue weighted by Crippen LogP contribution is 2.27. The van der Waals surface area contributed by atoms with Crippen molar-refractivity contribution in [2.75, 3.05) is 11.8 Å². The smallest absolute Gasteiger partial charge is 0.261 e. The molecule has 28 heavy (non-hydrogen) atoms. The molecule has 7 nitrogen and oxygen atoms in total. The SMILES string of the molecule is COc1ccc2nc(-c3ccc(C)c(NS(=O)(=O)c4ccccc4)c3)cn2n1. The maximum absolute atomic E-state index is 12.7. The van der Waals surface area contributed by atoms with Crippen LogP contribution in [0.5, 0.6) is 5.88 Å². The number of anilines is 1. The fourth-order valence-corrected chi connectivity index (χ4v) is 3.95. The molecular formula is C20H18N4O3S. The van der Waals surface area contributed by atoms with Crippen molar-refractivity contribution in [1.82, 2.24) is 14.6 Å². The molecule has 0 radical (unpaired) electrons. The van der Waals surface area contributed by atoms with Crippen LogP contribution >= 0.6 is 0 Å². The summed E-state index contributed by atoms with van der Waals surface area (Å²) in [7, 11) is -2.12. The summed E-state index contributed by atoms with van der Waals surface area (Å²) in [6, 6.07) is 17.3. The maximum atomic E-state index is 12.7. The lowest BCUT2D eigenvalue weighted by atomic mass is 10.1. The van der Waals surface area contributed by atoms with Gasteiger partial charge in [-0.2, -0.15) is 0 Å². The van der Waals surface area contributed by atoms with E-state index in [9.17, 15) is 8.42 Å². The van der Waals surface area contributed by atoms with E-state index in [-0.39, 0.29) is 4.90 Å². The number of sulfonamides is 1. The van der Waals surface area contributed by atoms with Gasteiger partial charge in [0.2, 0.25) is 5.88 Å². The third kappa shape index (κ3) is 3.41. The number of nitrogens with zero attached hydrogens (tertiary/aromatic N) is 3. The molecule has 2 aromatic carbocycles. The zero-order valence-corrected chi connectivity index (χ0v) is 16.1. The zero-order valence-electron chi connectivity index (χ0n) is 15.3. The van der Waals surface area contributed by atoms with Gasteiger partial charge in [-0.15, -0.1) is 5.10 Å². The summed E-state index contributed by atoms with van der Waals surface area (Å²) in [5, 5.41) is 4.30. The number of hydrogen-bond acceptors (Lipinski definition) is 5. The van der Waals surface area contributed by atoms with E-state index in [0.717, 1.165) is 11.1 Å². The Kier molecular flexibility index (Phi) is 4.48. The summed E-state index contributed by atoms with van der Waals surface area (Å²) in [5.74, 6) is 0.483. The lowest BCUT2D eigenvalue weighted by Gasteiger charge is -2.11. The Labute approximate surface area is 162 Å². The van der Waals surface area contributed by atoms with Gasteiger partial charge in [0.05, 0.1) is 29.6 Å². The highest BCUT2D eigenvalue weighted by atomic mass is 32.2. The Hall–Kier alpha value is -3.39. The fourth-order valence-electron chi connectivity index (χ4n) is 2.81. The molecule has 8 heteroatoms. The second-order valence-corrected chi connectivity index (χ2v) is 7.94. The average Bonchev–Trinajstić information content (AvgIpc) is 3.13. The van der Waals surface area contributed by atoms with Crippen LogP contribution in [0.25, 0.3) is 16.9 Å². The number of rotatable bonds is 5. The molecule has 0 saturated carbocycles. The van der Waals surface area contributed by atoms with E-state index in [2.05, 4.69) is 14.8 Å². The number of methoxy groups -OCH3 is 1. The molecule has 2 aromatic heterocycles. The lowest BCUT2D eigenvalue weighted by molar-refractivity contribution is 0.390. The molecule has 0 aliphatic rings. The first-order valence-corrected chi connectivity index (χ1v) is 10.0. The molecule has 142 valence electrons. The molecule has 0 bridgehead atoms. The average molecular weight is 394 g/mol. The van der Waals surface area contributed by atoms with Crippen molar-refractivity contribution >= 4 is 21.4 Å². The summed E-state index contributed by atoms with van der Waals surface area (Å²) in [6.45, 7) is 1.85. The molecule has 2 heterocycles. The highest BCUT2D eigenvalue weighted by Gasteiger charge is 2.16. The number of fused-ring (bicyclic) bond motifs is 1. The van der Waals surface area contributed by atoms with Gasteiger partial charge in [-0.25, -0.2) is 17.9 Å². The lowest BCUT2D eigenvalue weighted by Crippen LogP contribution is -2.13. The number of aryl methyl sites for hydroxylation is 1. The molecule has 0 amide bonds. The Bertz CT molecular complexity index is 1250. The maximum Gasteiger partial charge on any atom is 0.261 e. The molecule has 0 aliphatic carbocycles. The molecule has 0 saturated heterocycles. The minimum Gasteiger partial charge on any atom is -0.480 e. The first-order chi connectivity index (χ1) is 13.5. The highest BCUT2D eigenvalue weighted by molar-refractivity contribution is 7.92. The minimum absolute atomic E-state index is 0.212. The van der Waals surface area contributed by atoms with E-state index in [1.54, 1.807) is 60.3 Å². The van der Waals surface area contributed by atoms with Gasteiger partial charge in [0.25, 0.3) is 10.0 Å². The third-order valence-electron chi connectivity index (χ3n) is 4.34. The van der Waals surface area contributed by atoms with E-state index >= 15 is 0 Å². The summed E-state index contributed by atoms with van der Waals surface area (Å²) < 4.78 is 34.7. The molecular weight excluding hydrogens is 376 g/mol. The number of nitrogens with one attached hydrogen (secondary N) is 1. The Morgan fingerprint density at radius 1 is 1.04 bits per heavy atom. The monoisotopic (exact) mass is 394 g/mol. The second-order valence-electron chi connectivity index (χ2n) is 6.25. The van der Waals surface area contributed by atoms with Crippen molar-refractivity contribution in [3.63, 3.8) is 0 Å². The molecule has 4 aromatic rings. The standard InChI is InChI=1S/C20H18N4O3S/c1-14-8-9-15(18-13-24-19(21-18)10-11-20(22-24)27-2)12-17(14)23-28(25,26)16-6-4-3-5-7-16/h3-13,23H,1-2H3. The largest absolute Gasteiger partial charge is 0.480 e. The Morgan fingerprint density at radius 3 is 2.57 bits per heavy atom. The van der Waals surface area contributed by atoms with Crippen molar-refractivity contribution < 1.29 is 13.2 Å². The topological polar surface area (TPSA) is 85.6 Å². The summed E-state index contributed by atoms with van der Waals surface area (Å²) in [6.07, 6.45) is 1.78. The van der Waals surface area contributed by atoms with Gasteiger partial charge in [-0.3, -0.25) is 4.72 Å². The number of aromatic nitrogens is 3. The van der Waals surface area contributed by atoms with E-state index in [4.69, 9.17) is 4.74 Å². The zero-order chi connectivity index (χ0) is 19.7. The van der Waals surface area contributed by atoms with E-state index in [0.29, 0.717) is 22.9 Å².